The van der Waals surface area contributed by atoms with E-state index in [0.29, 0.717) is 37.4 Å². The average Bonchev–Trinajstić information content (AvgIpc) is 3.56. The molecule has 3 unspecified atom stereocenters. The van der Waals surface area contributed by atoms with Crippen LogP contribution in [0.5, 0.6) is 0 Å². The molecule has 2 aliphatic carbocycles. The van der Waals surface area contributed by atoms with Crippen LogP contribution in [0.3, 0.4) is 0 Å². The molecule has 4 aliphatic rings. The van der Waals surface area contributed by atoms with Crippen LogP contribution in [0.15, 0.2) is 42.7 Å². The first kappa shape index (κ1) is 26.0. The van der Waals surface area contributed by atoms with E-state index in [4.69, 9.17) is 5.73 Å². The maximum Gasteiger partial charge on any atom is 0.229 e. The van der Waals surface area contributed by atoms with Crippen LogP contribution in [-0.4, -0.2) is 54.5 Å². The molecule has 3 atom stereocenters. The van der Waals surface area contributed by atoms with Gasteiger partial charge in [0.1, 0.15) is 0 Å². The number of hydrogen-bond donors (Lipinski definition) is 4. The standard InChI is InChI=1S/C30H43N5O2/c1-30(24-9-10-24)12-14-35(29(30)37)26-11-13-32-28(17-26)34-20-27(36)16-21-5-4-6-22(15-21)23(18-31)19-33-25-7-2-3-8-25/h4-6,11,13,15,19,24-26,28,32-34H,2-3,7-10,12,14,16-18,20,31H2,1H3/b23-19+. The van der Waals surface area contributed by atoms with E-state index < -0.39 is 0 Å². The molecule has 2 aliphatic heterocycles. The summed E-state index contributed by atoms with van der Waals surface area (Å²) in [4.78, 5) is 28.1. The lowest BCUT2D eigenvalue weighted by Crippen LogP contribution is -2.51. The van der Waals surface area contributed by atoms with E-state index in [0.717, 1.165) is 36.1 Å². The summed E-state index contributed by atoms with van der Waals surface area (Å²) in [5.74, 6) is 1.03. The van der Waals surface area contributed by atoms with Crippen LogP contribution < -0.4 is 21.7 Å². The normalized spacial score (nSPS) is 28.5. The molecule has 2 saturated carbocycles. The molecule has 200 valence electrons. The topological polar surface area (TPSA) is 99.5 Å². The first-order valence-corrected chi connectivity index (χ1v) is 14.2. The van der Waals surface area contributed by atoms with E-state index in [2.05, 4.69) is 52.2 Å². The third-order valence-corrected chi connectivity index (χ3v) is 8.91. The summed E-state index contributed by atoms with van der Waals surface area (Å²) in [5.41, 5.74) is 9.02. The smallest absolute Gasteiger partial charge is 0.229 e. The van der Waals surface area contributed by atoms with Gasteiger partial charge in [0.2, 0.25) is 5.91 Å². The van der Waals surface area contributed by atoms with E-state index in [9.17, 15) is 9.59 Å². The second-order valence-electron chi connectivity index (χ2n) is 11.6. The van der Waals surface area contributed by atoms with Crippen molar-refractivity contribution >= 4 is 17.3 Å². The largest absolute Gasteiger partial charge is 0.388 e. The summed E-state index contributed by atoms with van der Waals surface area (Å²) in [6.07, 6.45) is 15.6. The minimum atomic E-state index is -0.169. The summed E-state index contributed by atoms with van der Waals surface area (Å²) in [6, 6.07) is 8.79. The molecule has 2 heterocycles. The lowest BCUT2D eigenvalue weighted by Gasteiger charge is -2.34. The highest BCUT2D eigenvalue weighted by atomic mass is 16.2. The maximum atomic E-state index is 13.2. The zero-order valence-electron chi connectivity index (χ0n) is 22.2. The van der Waals surface area contributed by atoms with E-state index >= 15 is 0 Å². The maximum absolute atomic E-state index is 13.2. The summed E-state index contributed by atoms with van der Waals surface area (Å²) in [7, 11) is 0. The minimum Gasteiger partial charge on any atom is -0.388 e. The van der Waals surface area contributed by atoms with Crippen molar-refractivity contribution in [3.8, 4) is 0 Å². The number of hydrogen-bond acceptors (Lipinski definition) is 6. The number of likely N-dealkylation sites (tertiary alicyclic amines) is 1. The number of carbonyl (C=O) groups is 2. The monoisotopic (exact) mass is 505 g/mol. The van der Waals surface area contributed by atoms with Crippen LogP contribution in [0.2, 0.25) is 0 Å². The van der Waals surface area contributed by atoms with E-state index in [-0.39, 0.29) is 23.4 Å². The summed E-state index contributed by atoms with van der Waals surface area (Å²) >= 11 is 0. The van der Waals surface area contributed by atoms with Crippen LogP contribution in [0.25, 0.3) is 5.57 Å². The Bertz CT molecular complexity index is 1040. The minimum absolute atomic E-state index is 0.0284. The number of Topliss-reactive ketones (excluding diaryl/α,β-unsaturated/α-hetero) is 1. The Morgan fingerprint density at radius 3 is 2.81 bits per heavy atom. The van der Waals surface area contributed by atoms with Crippen molar-refractivity contribution < 1.29 is 9.59 Å². The first-order chi connectivity index (χ1) is 18.0. The van der Waals surface area contributed by atoms with Gasteiger partial charge >= 0.3 is 0 Å². The fourth-order valence-electron chi connectivity index (χ4n) is 6.33. The highest BCUT2D eigenvalue weighted by Crippen LogP contribution is 2.51. The van der Waals surface area contributed by atoms with Crippen molar-refractivity contribution in [1.29, 1.82) is 0 Å². The predicted octanol–water partition coefficient (Wildman–Crippen LogP) is 3.07. The Morgan fingerprint density at radius 1 is 1.24 bits per heavy atom. The zero-order chi connectivity index (χ0) is 25.8. The molecule has 1 saturated heterocycles. The van der Waals surface area contributed by atoms with Gasteiger partial charge in [-0.15, -0.1) is 0 Å². The molecule has 0 spiro atoms. The van der Waals surface area contributed by atoms with Gasteiger partial charge in [-0.3, -0.25) is 14.9 Å². The molecule has 1 amide bonds. The number of carbonyl (C=O) groups excluding carboxylic acids is 2. The molecule has 5 rings (SSSR count). The van der Waals surface area contributed by atoms with Gasteiger partial charge in [0.15, 0.2) is 5.78 Å². The highest BCUT2D eigenvalue weighted by molar-refractivity contribution is 5.86. The molecule has 7 nitrogen and oxygen atoms in total. The molecule has 37 heavy (non-hydrogen) atoms. The molecule has 3 fully saturated rings. The molecule has 0 bridgehead atoms. The van der Waals surface area contributed by atoms with Crippen molar-refractivity contribution in [3.05, 3.63) is 53.9 Å². The second kappa shape index (κ2) is 11.4. The molecule has 7 heteroatoms. The van der Waals surface area contributed by atoms with Gasteiger partial charge in [-0.05, 0) is 67.0 Å². The number of nitrogens with zero attached hydrogens (tertiary/aromatic N) is 1. The second-order valence-corrected chi connectivity index (χ2v) is 11.6. The van der Waals surface area contributed by atoms with E-state index in [1.54, 1.807) is 0 Å². The van der Waals surface area contributed by atoms with Crippen molar-refractivity contribution in [1.82, 2.24) is 20.9 Å². The van der Waals surface area contributed by atoms with Gasteiger partial charge in [0, 0.05) is 38.2 Å². The van der Waals surface area contributed by atoms with Crippen LogP contribution >= 0.6 is 0 Å². The molecule has 1 aromatic carbocycles. The Hall–Kier alpha value is -2.64. The molecule has 5 N–H and O–H groups in total. The van der Waals surface area contributed by atoms with E-state index in [1.807, 2.05) is 18.3 Å². The number of ketones is 1. The quantitative estimate of drug-likeness (QED) is 0.369. The number of nitrogens with two attached hydrogens (primary N) is 1. The van der Waals surface area contributed by atoms with Crippen molar-refractivity contribution in [2.75, 3.05) is 19.6 Å². The van der Waals surface area contributed by atoms with Crippen LogP contribution in [0.4, 0.5) is 0 Å². The van der Waals surface area contributed by atoms with Crippen molar-refractivity contribution in [2.45, 2.75) is 83.0 Å². The van der Waals surface area contributed by atoms with Crippen molar-refractivity contribution in [3.63, 3.8) is 0 Å². The molecule has 0 radical (unpaired) electrons. The predicted molar refractivity (Wildman–Crippen MR) is 147 cm³/mol. The summed E-state index contributed by atoms with van der Waals surface area (Å²) < 4.78 is 0. The SMILES string of the molecule is CC1(C2CC2)CCN(C2C=CNC(NCC(=O)Cc3cccc(/C(=C/NC4CCCC4)CN)c3)C2)C1=O. The fourth-order valence-corrected chi connectivity index (χ4v) is 6.33. The summed E-state index contributed by atoms with van der Waals surface area (Å²) in [6.45, 7) is 3.73. The van der Waals surface area contributed by atoms with Crippen LogP contribution in [-0.2, 0) is 16.0 Å². The Morgan fingerprint density at radius 2 is 2.05 bits per heavy atom. The Labute approximate surface area is 221 Å². The van der Waals surface area contributed by atoms with Gasteiger partial charge in [0.05, 0.1) is 24.2 Å². The first-order valence-electron chi connectivity index (χ1n) is 14.2. The van der Waals surface area contributed by atoms with Gasteiger partial charge in [-0.25, -0.2) is 0 Å². The Kier molecular flexibility index (Phi) is 8.01. The third-order valence-electron chi connectivity index (χ3n) is 8.91. The number of benzene rings is 1. The average molecular weight is 506 g/mol. The zero-order valence-corrected chi connectivity index (χ0v) is 22.2. The molecular formula is C30H43N5O2. The lowest BCUT2D eigenvalue weighted by atomic mass is 9.83. The van der Waals surface area contributed by atoms with E-state index in [1.165, 1.54) is 38.5 Å². The molecular weight excluding hydrogens is 462 g/mol. The Balaban J connectivity index is 1.11. The molecule has 1 aromatic rings. The number of nitrogens with one attached hydrogen (secondary N) is 3. The number of amides is 1. The number of rotatable bonds is 11. The van der Waals surface area contributed by atoms with Gasteiger partial charge < -0.3 is 21.3 Å². The lowest BCUT2D eigenvalue weighted by molar-refractivity contribution is -0.137. The van der Waals surface area contributed by atoms with Crippen molar-refractivity contribution in [2.24, 2.45) is 17.1 Å². The van der Waals surface area contributed by atoms with Gasteiger partial charge in [0.25, 0.3) is 0 Å². The third kappa shape index (κ3) is 6.10. The van der Waals surface area contributed by atoms with Crippen LogP contribution in [0, 0.1) is 11.3 Å². The molecule has 0 aromatic heterocycles. The van der Waals surface area contributed by atoms with Gasteiger partial charge in [-0.2, -0.15) is 0 Å². The van der Waals surface area contributed by atoms with Gasteiger partial charge in [-0.1, -0.05) is 44.0 Å². The van der Waals surface area contributed by atoms with Crippen LogP contribution in [0.1, 0.15) is 69.4 Å². The fraction of sp³-hybridized carbons (Fsp3) is 0.600. The summed E-state index contributed by atoms with van der Waals surface area (Å²) in [5, 5.41) is 10.2. The highest BCUT2D eigenvalue weighted by Gasteiger charge is 2.53.